The Kier molecular flexibility index (Phi) is 5.90. The van der Waals surface area contributed by atoms with Gasteiger partial charge < -0.3 is 15.6 Å². The number of rotatable bonds is 7. The maximum atomic E-state index is 11.3. The van der Waals surface area contributed by atoms with Gasteiger partial charge in [0.1, 0.15) is 11.3 Å². The first-order valence-corrected chi connectivity index (χ1v) is 9.83. The van der Waals surface area contributed by atoms with Crippen LogP contribution in [0.4, 0.5) is 0 Å². The SMILES string of the molecule is CC(C)COC1=CC=C(CC(C)C(=O)O)CC1(N)c1ccc2ccccc2c1. The number of hydrogen-bond acceptors (Lipinski definition) is 3. The minimum absolute atomic E-state index is 0.388. The van der Waals surface area contributed by atoms with Gasteiger partial charge in [-0.25, -0.2) is 0 Å². The lowest BCUT2D eigenvalue weighted by Crippen LogP contribution is -2.42. The first-order chi connectivity index (χ1) is 13.3. The molecule has 2 atom stereocenters. The van der Waals surface area contributed by atoms with E-state index in [0.717, 1.165) is 27.7 Å². The van der Waals surface area contributed by atoms with E-state index in [2.05, 4.69) is 44.2 Å². The van der Waals surface area contributed by atoms with Crippen molar-refractivity contribution in [2.24, 2.45) is 17.6 Å². The number of carboxylic acid groups (broad SMARTS) is 1. The molecule has 1 aliphatic rings. The Balaban J connectivity index is 1.98. The Morgan fingerprint density at radius 1 is 1.14 bits per heavy atom. The quantitative estimate of drug-likeness (QED) is 0.711. The van der Waals surface area contributed by atoms with E-state index in [1.165, 1.54) is 0 Å². The summed E-state index contributed by atoms with van der Waals surface area (Å²) < 4.78 is 6.10. The number of carbonyl (C=O) groups is 1. The standard InChI is InChI=1S/C24H29NO3/c1-16(2)15-28-22-11-8-18(12-17(3)23(26)27)14-24(22,25)21-10-9-19-6-4-5-7-20(19)13-21/h4-11,13,16-17H,12,14-15,25H2,1-3H3,(H,26,27). The molecule has 0 amide bonds. The fourth-order valence-corrected chi connectivity index (χ4v) is 3.61. The van der Waals surface area contributed by atoms with Gasteiger partial charge in [-0.1, -0.05) is 68.8 Å². The fraction of sp³-hybridized carbons (Fsp3) is 0.375. The minimum Gasteiger partial charge on any atom is -0.495 e. The summed E-state index contributed by atoms with van der Waals surface area (Å²) in [4.78, 5) is 11.3. The maximum absolute atomic E-state index is 11.3. The summed E-state index contributed by atoms with van der Waals surface area (Å²) in [5.74, 6) is -0.110. The normalized spacial score (nSPS) is 20.6. The van der Waals surface area contributed by atoms with Gasteiger partial charge in [0.25, 0.3) is 0 Å². The molecule has 0 saturated heterocycles. The molecule has 148 valence electrons. The molecule has 0 bridgehead atoms. The Morgan fingerprint density at radius 3 is 2.54 bits per heavy atom. The molecule has 0 heterocycles. The second-order valence-electron chi connectivity index (χ2n) is 8.21. The zero-order valence-electron chi connectivity index (χ0n) is 16.8. The van der Waals surface area contributed by atoms with Crippen LogP contribution in [0.15, 0.2) is 65.9 Å². The van der Waals surface area contributed by atoms with E-state index in [-0.39, 0.29) is 0 Å². The molecule has 0 fully saturated rings. The molecule has 3 rings (SSSR count). The highest BCUT2D eigenvalue weighted by atomic mass is 16.5. The lowest BCUT2D eigenvalue weighted by molar-refractivity contribution is -0.141. The summed E-state index contributed by atoms with van der Waals surface area (Å²) >= 11 is 0. The molecule has 0 aromatic heterocycles. The van der Waals surface area contributed by atoms with E-state index in [0.29, 0.717) is 25.4 Å². The van der Waals surface area contributed by atoms with Crippen molar-refractivity contribution >= 4 is 16.7 Å². The molecule has 2 aromatic rings. The largest absolute Gasteiger partial charge is 0.495 e. The number of allylic oxidation sites excluding steroid dienone is 2. The zero-order chi connectivity index (χ0) is 20.3. The molecule has 4 nitrogen and oxygen atoms in total. The van der Waals surface area contributed by atoms with Crippen LogP contribution in [-0.2, 0) is 15.1 Å². The lowest BCUT2D eigenvalue weighted by Gasteiger charge is -2.36. The van der Waals surface area contributed by atoms with Crippen LogP contribution < -0.4 is 5.73 Å². The van der Waals surface area contributed by atoms with Crippen molar-refractivity contribution in [2.45, 2.75) is 39.2 Å². The van der Waals surface area contributed by atoms with Crippen LogP contribution >= 0.6 is 0 Å². The third-order valence-electron chi connectivity index (χ3n) is 5.24. The molecule has 0 saturated carbocycles. The van der Waals surface area contributed by atoms with Crippen molar-refractivity contribution in [1.82, 2.24) is 0 Å². The van der Waals surface area contributed by atoms with Gasteiger partial charge in [0.05, 0.1) is 12.5 Å². The highest BCUT2D eigenvalue weighted by Gasteiger charge is 2.37. The molecular formula is C24H29NO3. The number of aliphatic carboxylic acids is 1. The molecule has 0 spiro atoms. The van der Waals surface area contributed by atoms with E-state index in [1.807, 2.05) is 24.3 Å². The average Bonchev–Trinajstić information content (AvgIpc) is 2.66. The molecule has 2 aromatic carbocycles. The van der Waals surface area contributed by atoms with E-state index >= 15 is 0 Å². The number of ether oxygens (including phenoxy) is 1. The van der Waals surface area contributed by atoms with Crippen molar-refractivity contribution in [3.63, 3.8) is 0 Å². The van der Waals surface area contributed by atoms with Crippen molar-refractivity contribution in [2.75, 3.05) is 6.61 Å². The molecule has 4 heteroatoms. The Hall–Kier alpha value is -2.59. The minimum atomic E-state index is -0.804. The number of benzene rings is 2. The second-order valence-corrected chi connectivity index (χ2v) is 8.21. The smallest absolute Gasteiger partial charge is 0.306 e. The van der Waals surface area contributed by atoms with Gasteiger partial charge >= 0.3 is 5.97 Å². The Morgan fingerprint density at radius 2 is 1.86 bits per heavy atom. The predicted octanol–water partition coefficient (Wildman–Crippen LogP) is 4.99. The van der Waals surface area contributed by atoms with E-state index in [9.17, 15) is 9.90 Å². The number of fused-ring (bicyclic) bond motifs is 1. The van der Waals surface area contributed by atoms with Gasteiger partial charge in [-0.3, -0.25) is 4.79 Å². The molecule has 3 N–H and O–H groups in total. The third-order valence-corrected chi connectivity index (χ3v) is 5.24. The number of hydrogen-bond donors (Lipinski definition) is 2. The molecule has 28 heavy (non-hydrogen) atoms. The molecule has 0 aliphatic heterocycles. The van der Waals surface area contributed by atoms with Crippen molar-refractivity contribution in [3.05, 3.63) is 71.5 Å². The third kappa shape index (κ3) is 4.28. The summed E-state index contributed by atoms with van der Waals surface area (Å²) in [5.41, 5.74) is 8.17. The van der Waals surface area contributed by atoms with Crippen LogP contribution in [0.25, 0.3) is 10.8 Å². The monoisotopic (exact) mass is 379 g/mol. The van der Waals surface area contributed by atoms with Gasteiger partial charge in [-0.15, -0.1) is 0 Å². The molecule has 2 unspecified atom stereocenters. The van der Waals surface area contributed by atoms with Crippen LogP contribution in [-0.4, -0.2) is 17.7 Å². The lowest BCUT2D eigenvalue weighted by atomic mass is 9.77. The summed E-state index contributed by atoms with van der Waals surface area (Å²) in [5, 5.41) is 11.6. The van der Waals surface area contributed by atoms with E-state index in [4.69, 9.17) is 10.5 Å². The van der Waals surface area contributed by atoms with Crippen LogP contribution in [0.5, 0.6) is 0 Å². The van der Waals surface area contributed by atoms with Crippen molar-refractivity contribution in [1.29, 1.82) is 0 Å². The molecular weight excluding hydrogens is 350 g/mol. The van der Waals surface area contributed by atoms with E-state index < -0.39 is 17.4 Å². The molecule has 1 aliphatic carbocycles. The Bertz CT molecular complexity index is 928. The van der Waals surface area contributed by atoms with Gasteiger partial charge in [-0.2, -0.15) is 0 Å². The van der Waals surface area contributed by atoms with Crippen LogP contribution in [0.2, 0.25) is 0 Å². The van der Waals surface area contributed by atoms with Gasteiger partial charge in [0.15, 0.2) is 0 Å². The predicted molar refractivity (Wildman–Crippen MR) is 113 cm³/mol. The maximum Gasteiger partial charge on any atom is 0.306 e. The van der Waals surface area contributed by atoms with Gasteiger partial charge in [-0.05, 0) is 47.2 Å². The molecule has 0 radical (unpaired) electrons. The first kappa shape index (κ1) is 20.2. The number of nitrogens with two attached hydrogens (primary N) is 1. The Labute approximate surface area is 166 Å². The summed E-state index contributed by atoms with van der Waals surface area (Å²) in [6, 6.07) is 14.4. The van der Waals surface area contributed by atoms with Gasteiger partial charge in [0, 0.05) is 0 Å². The zero-order valence-corrected chi connectivity index (χ0v) is 16.8. The summed E-state index contributed by atoms with van der Waals surface area (Å²) in [6.07, 6.45) is 4.93. The average molecular weight is 380 g/mol. The highest BCUT2D eigenvalue weighted by molar-refractivity contribution is 5.83. The summed E-state index contributed by atoms with van der Waals surface area (Å²) in [6.45, 7) is 6.53. The van der Waals surface area contributed by atoms with E-state index in [1.54, 1.807) is 6.92 Å². The topological polar surface area (TPSA) is 72.5 Å². The fourth-order valence-electron chi connectivity index (χ4n) is 3.61. The highest BCUT2D eigenvalue weighted by Crippen LogP contribution is 2.40. The second kappa shape index (κ2) is 8.19. The van der Waals surface area contributed by atoms with Crippen LogP contribution in [0.3, 0.4) is 0 Å². The van der Waals surface area contributed by atoms with Crippen LogP contribution in [0.1, 0.15) is 39.2 Å². The van der Waals surface area contributed by atoms with Crippen molar-refractivity contribution < 1.29 is 14.6 Å². The first-order valence-electron chi connectivity index (χ1n) is 9.83. The van der Waals surface area contributed by atoms with Gasteiger partial charge in [0.2, 0.25) is 0 Å². The van der Waals surface area contributed by atoms with Crippen molar-refractivity contribution in [3.8, 4) is 0 Å². The number of carboxylic acids is 1. The van der Waals surface area contributed by atoms with Crippen LogP contribution in [0, 0.1) is 11.8 Å². The summed E-state index contributed by atoms with van der Waals surface area (Å²) in [7, 11) is 0.